The molecule has 8 heteroatoms. The summed E-state index contributed by atoms with van der Waals surface area (Å²) in [6.07, 6.45) is 5.97. The highest BCUT2D eigenvalue weighted by Gasteiger charge is 2.23. The quantitative estimate of drug-likeness (QED) is 0.545. The van der Waals surface area contributed by atoms with Crippen LogP contribution in [0.1, 0.15) is 47.9 Å². The number of fused-ring (bicyclic) bond motifs is 1. The highest BCUT2D eigenvalue weighted by molar-refractivity contribution is 6.44. The van der Waals surface area contributed by atoms with Crippen LogP contribution in [-0.2, 0) is 11.3 Å². The number of nitrogens with zero attached hydrogens (tertiary/aromatic N) is 4. The maximum atomic E-state index is 12.4. The summed E-state index contributed by atoms with van der Waals surface area (Å²) < 4.78 is 1.77. The smallest absolute Gasteiger partial charge is 0.292 e. The standard InChI is InChI=1S/C17H18N6O2/c24-16(13-9-18-14-8-4-3-7-12(13)14)17(25)19-10-15-20-21-22-23(15)11-5-1-2-6-11/h3-4,7-9,11,18H,1-2,5-6,10H2,(H,19,25). The molecular formula is C17H18N6O2. The van der Waals surface area contributed by atoms with E-state index in [9.17, 15) is 9.59 Å². The van der Waals surface area contributed by atoms with Gasteiger partial charge in [-0.2, -0.15) is 0 Å². The van der Waals surface area contributed by atoms with Gasteiger partial charge in [0.15, 0.2) is 5.82 Å². The molecule has 2 N–H and O–H groups in total. The van der Waals surface area contributed by atoms with Crippen LogP contribution in [0.5, 0.6) is 0 Å². The second-order valence-electron chi connectivity index (χ2n) is 6.24. The lowest BCUT2D eigenvalue weighted by atomic mass is 10.1. The Morgan fingerprint density at radius 3 is 2.88 bits per heavy atom. The van der Waals surface area contributed by atoms with Gasteiger partial charge in [-0.25, -0.2) is 4.68 Å². The van der Waals surface area contributed by atoms with Gasteiger partial charge in [-0.1, -0.05) is 31.0 Å². The molecule has 0 saturated heterocycles. The van der Waals surface area contributed by atoms with E-state index in [-0.39, 0.29) is 12.6 Å². The number of carbonyl (C=O) groups is 2. The summed E-state index contributed by atoms with van der Waals surface area (Å²) >= 11 is 0. The molecule has 0 atom stereocenters. The van der Waals surface area contributed by atoms with Gasteiger partial charge in [-0.15, -0.1) is 5.10 Å². The van der Waals surface area contributed by atoms with Gasteiger partial charge in [0.2, 0.25) is 0 Å². The van der Waals surface area contributed by atoms with Gasteiger partial charge in [0.1, 0.15) is 0 Å². The Bertz CT molecular complexity index is 922. The number of aromatic nitrogens is 5. The third kappa shape index (κ3) is 2.90. The zero-order valence-corrected chi connectivity index (χ0v) is 13.6. The normalized spacial score (nSPS) is 14.9. The van der Waals surface area contributed by atoms with E-state index < -0.39 is 11.7 Å². The molecule has 1 aliphatic carbocycles. The highest BCUT2D eigenvalue weighted by Crippen LogP contribution is 2.29. The van der Waals surface area contributed by atoms with E-state index in [1.165, 1.54) is 0 Å². The molecule has 1 aromatic carbocycles. The van der Waals surface area contributed by atoms with E-state index >= 15 is 0 Å². The van der Waals surface area contributed by atoms with E-state index in [0.29, 0.717) is 11.4 Å². The molecule has 0 radical (unpaired) electrons. The fraction of sp³-hybridized carbons (Fsp3) is 0.353. The molecule has 1 aliphatic rings. The number of H-pyrrole nitrogens is 1. The number of benzene rings is 1. The van der Waals surface area contributed by atoms with Gasteiger partial charge in [0.05, 0.1) is 18.2 Å². The summed E-state index contributed by atoms with van der Waals surface area (Å²) in [5.41, 5.74) is 1.19. The number of Topliss-reactive ketones (excluding diaryl/α,β-unsaturated/α-hetero) is 1. The van der Waals surface area contributed by atoms with Crippen molar-refractivity contribution >= 4 is 22.6 Å². The van der Waals surface area contributed by atoms with Crippen molar-refractivity contribution in [3.63, 3.8) is 0 Å². The molecule has 0 bridgehead atoms. The van der Waals surface area contributed by atoms with E-state index in [4.69, 9.17) is 0 Å². The zero-order valence-electron chi connectivity index (χ0n) is 13.6. The molecule has 3 aromatic rings. The first-order valence-corrected chi connectivity index (χ1v) is 8.39. The Labute approximate surface area is 143 Å². The number of aromatic amines is 1. The Kier molecular flexibility index (Phi) is 4.01. The predicted molar refractivity (Wildman–Crippen MR) is 89.8 cm³/mol. The fourth-order valence-electron chi connectivity index (χ4n) is 3.38. The van der Waals surface area contributed by atoms with Crippen LogP contribution < -0.4 is 5.32 Å². The lowest BCUT2D eigenvalue weighted by Crippen LogP contribution is -2.32. The van der Waals surface area contributed by atoms with E-state index in [1.54, 1.807) is 10.9 Å². The van der Waals surface area contributed by atoms with Crippen molar-refractivity contribution in [3.05, 3.63) is 41.9 Å². The largest absolute Gasteiger partial charge is 0.360 e. The van der Waals surface area contributed by atoms with Gasteiger partial charge >= 0.3 is 0 Å². The first kappa shape index (κ1) is 15.5. The summed E-state index contributed by atoms with van der Waals surface area (Å²) in [4.78, 5) is 27.7. The van der Waals surface area contributed by atoms with Crippen LogP contribution in [-0.4, -0.2) is 36.9 Å². The number of nitrogens with one attached hydrogen (secondary N) is 2. The molecule has 8 nitrogen and oxygen atoms in total. The van der Waals surface area contributed by atoms with Gasteiger partial charge in [-0.3, -0.25) is 9.59 Å². The Hall–Kier alpha value is -3.03. The van der Waals surface area contributed by atoms with E-state index in [0.717, 1.165) is 36.6 Å². The Morgan fingerprint density at radius 1 is 1.24 bits per heavy atom. The van der Waals surface area contributed by atoms with Crippen molar-refractivity contribution in [2.45, 2.75) is 38.3 Å². The molecule has 1 amide bonds. The van der Waals surface area contributed by atoms with Crippen LogP contribution in [0, 0.1) is 0 Å². The fourth-order valence-corrected chi connectivity index (χ4v) is 3.38. The lowest BCUT2D eigenvalue weighted by Gasteiger charge is -2.11. The third-order valence-corrected chi connectivity index (χ3v) is 4.68. The van der Waals surface area contributed by atoms with Gasteiger partial charge in [-0.05, 0) is 29.3 Å². The molecule has 0 spiro atoms. The SMILES string of the molecule is O=C(NCc1nnnn1C1CCCC1)C(=O)c1c[nH]c2ccccc12. The Morgan fingerprint density at radius 2 is 2.04 bits per heavy atom. The van der Waals surface area contributed by atoms with Crippen LogP contribution in [0.4, 0.5) is 0 Å². The van der Waals surface area contributed by atoms with Crippen molar-refractivity contribution < 1.29 is 9.59 Å². The number of ketones is 1. The molecule has 1 saturated carbocycles. The molecule has 25 heavy (non-hydrogen) atoms. The van der Waals surface area contributed by atoms with Crippen molar-refractivity contribution in [1.82, 2.24) is 30.5 Å². The molecule has 2 heterocycles. The monoisotopic (exact) mass is 338 g/mol. The predicted octanol–water partition coefficient (Wildman–Crippen LogP) is 1.77. The minimum absolute atomic E-state index is 0.135. The highest BCUT2D eigenvalue weighted by atomic mass is 16.2. The van der Waals surface area contributed by atoms with Crippen LogP contribution in [0.15, 0.2) is 30.5 Å². The van der Waals surface area contributed by atoms with Gasteiger partial charge in [0.25, 0.3) is 11.7 Å². The molecule has 0 aliphatic heterocycles. The first-order valence-electron chi connectivity index (χ1n) is 8.39. The number of rotatable bonds is 5. The van der Waals surface area contributed by atoms with Crippen LogP contribution >= 0.6 is 0 Å². The number of hydrogen-bond donors (Lipinski definition) is 2. The number of carbonyl (C=O) groups excluding carboxylic acids is 2. The summed E-state index contributed by atoms with van der Waals surface area (Å²) in [5, 5.41) is 15.1. The minimum atomic E-state index is -0.661. The summed E-state index contributed by atoms with van der Waals surface area (Å²) in [7, 11) is 0. The summed E-state index contributed by atoms with van der Waals surface area (Å²) in [6.45, 7) is 0.135. The molecule has 4 rings (SSSR count). The summed E-state index contributed by atoms with van der Waals surface area (Å²) in [6, 6.07) is 7.66. The van der Waals surface area contributed by atoms with Gasteiger partial charge in [0, 0.05) is 17.1 Å². The lowest BCUT2D eigenvalue weighted by molar-refractivity contribution is -0.117. The minimum Gasteiger partial charge on any atom is -0.360 e. The average molecular weight is 338 g/mol. The Balaban J connectivity index is 1.46. The topological polar surface area (TPSA) is 106 Å². The molecule has 0 unspecified atom stereocenters. The second-order valence-corrected chi connectivity index (χ2v) is 6.24. The van der Waals surface area contributed by atoms with Crippen molar-refractivity contribution in [3.8, 4) is 0 Å². The average Bonchev–Trinajstić information content (AvgIpc) is 3.38. The second kappa shape index (κ2) is 6.46. The number of tetrazole rings is 1. The first-order chi connectivity index (χ1) is 12.2. The van der Waals surface area contributed by atoms with Crippen molar-refractivity contribution in [1.29, 1.82) is 0 Å². The zero-order chi connectivity index (χ0) is 17.2. The molecule has 2 aromatic heterocycles. The maximum absolute atomic E-state index is 12.4. The summed E-state index contributed by atoms with van der Waals surface area (Å²) in [5.74, 6) is -0.657. The van der Waals surface area contributed by atoms with Gasteiger partial charge < -0.3 is 10.3 Å². The maximum Gasteiger partial charge on any atom is 0.292 e. The van der Waals surface area contributed by atoms with E-state index in [2.05, 4.69) is 25.8 Å². The van der Waals surface area contributed by atoms with Crippen LogP contribution in [0.2, 0.25) is 0 Å². The van der Waals surface area contributed by atoms with Crippen LogP contribution in [0.3, 0.4) is 0 Å². The number of para-hydroxylation sites is 1. The van der Waals surface area contributed by atoms with E-state index in [1.807, 2.05) is 24.3 Å². The van der Waals surface area contributed by atoms with Crippen molar-refractivity contribution in [2.24, 2.45) is 0 Å². The third-order valence-electron chi connectivity index (χ3n) is 4.68. The number of hydrogen-bond acceptors (Lipinski definition) is 5. The van der Waals surface area contributed by atoms with Crippen LogP contribution in [0.25, 0.3) is 10.9 Å². The number of amides is 1. The molecular weight excluding hydrogens is 320 g/mol. The molecule has 128 valence electrons. The molecule has 1 fully saturated rings. The van der Waals surface area contributed by atoms with Crippen molar-refractivity contribution in [2.75, 3.05) is 0 Å².